The van der Waals surface area contributed by atoms with Crippen molar-refractivity contribution >= 4 is 45.6 Å². The van der Waals surface area contributed by atoms with E-state index >= 15 is 0 Å². The fraction of sp³-hybridized carbons (Fsp3) is 0.200. The van der Waals surface area contributed by atoms with E-state index in [2.05, 4.69) is 5.32 Å². The van der Waals surface area contributed by atoms with E-state index in [0.717, 1.165) is 5.39 Å². The molecule has 1 heterocycles. The number of aromatic nitrogens is 1. The number of halogens is 2. The number of amides is 1. The quantitative estimate of drug-likeness (QED) is 0.668. The van der Waals surface area contributed by atoms with E-state index in [1.807, 2.05) is 19.9 Å². The largest absolute Gasteiger partial charge is 0.491 e. The molecule has 0 fully saturated rings. The summed E-state index contributed by atoms with van der Waals surface area (Å²) in [6.07, 6.45) is 1.63. The van der Waals surface area contributed by atoms with Crippen LogP contribution in [0.25, 0.3) is 10.8 Å². The fourth-order valence-electron chi connectivity index (χ4n) is 2.67. The average molecular weight is 405 g/mol. The van der Waals surface area contributed by atoms with Crippen LogP contribution in [0.5, 0.6) is 5.75 Å². The van der Waals surface area contributed by atoms with Gasteiger partial charge in [0.2, 0.25) is 5.91 Å². The Morgan fingerprint density at radius 3 is 2.67 bits per heavy atom. The predicted octanol–water partition coefficient (Wildman–Crippen LogP) is 4.73. The van der Waals surface area contributed by atoms with Crippen LogP contribution in [0.4, 0.5) is 5.69 Å². The Bertz CT molecular complexity index is 1060. The normalized spacial score (nSPS) is 11.0. The zero-order chi connectivity index (χ0) is 19.6. The summed E-state index contributed by atoms with van der Waals surface area (Å²) in [6, 6.07) is 11.8. The molecule has 2 aromatic carbocycles. The van der Waals surface area contributed by atoms with Gasteiger partial charge in [-0.3, -0.25) is 9.59 Å². The maximum absolute atomic E-state index is 12.7. The summed E-state index contributed by atoms with van der Waals surface area (Å²) >= 11 is 12.0. The van der Waals surface area contributed by atoms with Gasteiger partial charge in [0.15, 0.2) is 0 Å². The third-order valence-corrected chi connectivity index (χ3v) is 4.40. The van der Waals surface area contributed by atoms with Gasteiger partial charge in [-0.25, -0.2) is 0 Å². The highest BCUT2D eigenvalue weighted by Crippen LogP contribution is 2.25. The summed E-state index contributed by atoms with van der Waals surface area (Å²) in [5.41, 5.74) is 0.148. The van der Waals surface area contributed by atoms with E-state index in [0.29, 0.717) is 26.9 Å². The Morgan fingerprint density at radius 1 is 1.15 bits per heavy atom. The molecular weight excluding hydrogens is 387 g/mol. The minimum absolute atomic E-state index is 0.0461. The van der Waals surface area contributed by atoms with Crippen molar-refractivity contribution in [1.82, 2.24) is 4.57 Å². The summed E-state index contributed by atoms with van der Waals surface area (Å²) in [7, 11) is 0. The Hall–Kier alpha value is -2.50. The molecule has 1 aromatic heterocycles. The van der Waals surface area contributed by atoms with Gasteiger partial charge in [-0.1, -0.05) is 23.2 Å². The fourth-order valence-corrected chi connectivity index (χ4v) is 3.01. The van der Waals surface area contributed by atoms with Gasteiger partial charge in [-0.05, 0) is 61.7 Å². The van der Waals surface area contributed by atoms with Crippen molar-refractivity contribution in [1.29, 1.82) is 0 Å². The number of nitrogens with zero attached hydrogens (tertiary/aromatic N) is 1. The molecule has 27 heavy (non-hydrogen) atoms. The highest BCUT2D eigenvalue weighted by Gasteiger charge is 2.11. The number of hydrogen-bond donors (Lipinski definition) is 1. The lowest BCUT2D eigenvalue weighted by Crippen LogP contribution is -2.27. The van der Waals surface area contributed by atoms with Gasteiger partial charge in [-0.2, -0.15) is 0 Å². The Morgan fingerprint density at radius 2 is 1.93 bits per heavy atom. The zero-order valence-electron chi connectivity index (χ0n) is 14.8. The van der Waals surface area contributed by atoms with Crippen molar-refractivity contribution in [3.8, 4) is 5.75 Å². The molecule has 7 heteroatoms. The molecule has 3 aromatic rings. The first-order valence-corrected chi connectivity index (χ1v) is 9.14. The number of fused-ring (bicyclic) bond motifs is 1. The molecule has 0 radical (unpaired) electrons. The molecule has 0 aliphatic heterocycles. The highest BCUT2D eigenvalue weighted by molar-refractivity contribution is 6.35. The molecule has 140 valence electrons. The molecule has 1 amide bonds. The van der Waals surface area contributed by atoms with Crippen LogP contribution in [0.15, 0.2) is 53.5 Å². The summed E-state index contributed by atoms with van der Waals surface area (Å²) in [6.45, 7) is 3.74. The molecule has 0 unspecified atom stereocenters. The molecular formula is C20H18Cl2N2O3. The number of carbonyl (C=O) groups is 1. The number of pyridine rings is 1. The summed E-state index contributed by atoms with van der Waals surface area (Å²) < 4.78 is 6.99. The van der Waals surface area contributed by atoms with E-state index in [4.69, 9.17) is 27.9 Å². The van der Waals surface area contributed by atoms with Crippen LogP contribution in [0.1, 0.15) is 13.8 Å². The van der Waals surface area contributed by atoms with Crippen LogP contribution in [-0.2, 0) is 11.3 Å². The van der Waals surface area contributed by atoms with E-state index in [1.165, 1.54) is 4.57 Å². The standard InChI is InChI=1S/C20H18Cl2N2O3/c1-12(2)27-15-4-5-16-13(9-15)7-8-24(20(16)26)11-19(25)23-18-10-14(21)3-6-17(18)22/h3-10,12H,11H2,1-2H3,(H,23,25). The molecule has 0 bridgehead atoms. The molecule has 3 rings (SSSR count). The monoisotopic (exact) mass is 404 g/mol. The maximum atomic E-state index is 12.7. The number of hydrogen-bond acceptors (Lipinski definition) is 3. The minimum Gasteiger partial charge on any atom is -0.491 e. The maximum Gasteiger partial charge on any atom is 0.258 e. The highest BCUT2D eigenvalue weighted by atomic mass is 35.5. The van der Waals surface area contributed by atoms with Crippen molar-refractivity contribution in [3.05, 3.63) is 69.1 Å². The Kier molecular flexibility index (Phi) is 5.73. The second kappa shape index (κ2) is 8.03. The summed E-state index contributed by atoms with van der Waals surface area (Å²) in [5, 5.41) is 4.77. The molecule has 1 N–H and O–H groups in total. The summed E-state index contributed by atoms with van der Waals surface area (Å²) in [5.74, 6) is 0.323. The number of rotatable bonds is 5. The molecule has 0 saturated heterocycles. The third kappa shape index (κ3) is 4.62. The lowest BCUT2D eigenvalue weighted by atomic mass is 10.1. The first-order chi connectivity index (χ1) is 12.8. The smallest absolute Gasteiger partial charge is 0.258 e. The number of nitrogens with one attached hydrogen (secondary N) is 1. The van der Waals surface area contributed by atoms with E-state index in [1.54, 1.807) is 42.6 Å². The van der Waals surface area contributed by atoms with Crippen LogP contribution >= 0.6 is 23.2 Å². The van der Waals surface area contributed by atoms with Crippen LogP contribution < -0.4 is 15.6 Å². The van der Waals surface area contributed by atoms with Crippen LogP contribution in [0.2, 0.25) is 10.0 Å². The van der Waals surface area contributed by atoms with Gasteiger partial charge in [-0.15, -0.1) is 0 Å². The molecule has 5 nitrogen and oxygen atoms in total. The van der Waals surface area contributed by atoms with Gasteiger partial charge < -0.3 is 14.6 Å². The lowest BCUT2D eigenvalue weighted by Gasteiger charge is -2.12. The molecule has 0 aliphatic carbocycles. The van der Waals surface area contributed by atoms with Gasteiger partial charge in [0.25, 0.3) is 5.56 Å². The predicted molar refractivity (Wildman–Crippen MR) is 109 cm³/mol. The number of ether oxygens (including phenoxy) is 1. The first-order valence-electron chi connectivity index (χ1n) is 8.38. The Labute approximate surface area is 166 Å². The van der Waals surface area contributed by atoms with E-state index in [-0.39, 0.29) is 24.1 Å². The molecule has 0 atom stereocenters. The SMILES string of the molecule is CC(C)Oc1ccc2c(=O)n(CC(=O)Nc3cc(Cl)ccc3Cl)ccc2c1. The minimum atomic E-state index is -0.375. The van der Waals surface area contributed by atoms with Gasteiger partial charge in [0, 0.05) is 16.6 Å². The zero-order valence-corrected chi connectivity index (χ0v) is 16.3. The van der Waals surface area contributed by atoms with E-state index < -0.39 is 0 Å². The lowest BCUT2D eigenvalue weighted by molar-refractivity contribution is -0.116. The van der Waals surface area contributed by atoms with Crippen LogP contribution in [0.3, 0.4) is 0 Å². The number of carbonyl (C=O) groups excluding carboxylic acids is 1. The molecule has 0 aliphatic rings. The van der Waals surface area contributed by atoms with Crippen molar-refractivity contribution < 1.29 is 9.53 Å². The van der Waals surface area contributed by atoms with Crippen molar-refractivity contribution in [2.45, 2.75) is 26.5 Å². The van der Waals surface area contributed by atoms with Crippen molar-refractivity contribution in [2.24, 2.45) is 0 Å². The topological polar surface area (TPSA) is 60.3 Å². The second-order valence-corrected chi connectivity index (χ2v) is 7.18. The van der Waals surface area contributed by atoms with Crippen molar-refractivity contribution in [3.63, 3.8) is 0 Å². The second-order valence-electron chi connectivity index (χ2n) is 6.34. The average Bonchev–Trinajstić information content (AvgIpc) is 2.60. The Balaban J connectivity index is 1.82. The van der Waals surface area contributed by atoms with Gasteiger partial charge in [0.05, 0.1) is 16.8 Å². The summed E-state index contributed by atoms with van der Waals surface area (Å²) in [4.78, 5) is 25.0. The van der Waals surface area contributed by atoms with Gasteiger partial charge in [0.1, 0.15) is 12.3 Å². The molecule has 0 saturated carbocycles. The first kappa shape index (κ1) is 19.3. The van der Waals surface area contributed by atoms with Gasteiger partial charge >= 0.3 is 0 Å². The van der Waals surface area contributed by atoms with Crippen LogP contribution in [-0.4, -0.2) is 16.6 Å². The molecule has 0 spiro atoms. The third-order valence-electron chi connectivity index (χ3n) is 3.84. The van der Waals surface area contributed by atoms with Crippen LogP contribution in [0, 0.1) is 0 Å². The number of benzene rings is 2. The van der Waals surface area contributed by atoms with E-state index in [9.17, 15) is 9.59 Å². The van der Waals surface area contributed by atoms with Crippen molar-refractivity contribution in [2.75, 3.05) is 5.32 Å². The number of anilines is 1.